The van der Waals surface area contributed by atoms with E-state index in [9.17, 15) is 14.7 Å². The zero-order valence-corrected chi connectivity index (χ0v) is 17.4. The fraction of sp³-hybridized carbons (Fsp3) is 0.333. The lowest BCUT2D eigenvalue weighted by Crippen LogP contribution is -2.22. The van der Waals surface area contributed by atoms with Crippen molar-refractivity contribution in [3.05, 3.63) is 63.8 Å². The molecule has 3 aromatic rings. The van der Waals surface area contributed by atoms with Crippen molar-refractivity contribution >= 4 is 5.97 Å². The van der Waals surface area contributed by atoms with Crippen molar-refractivity contribution < 1.29 is 19.1 Å². The van der Waals surface area contributed by atoms with E-state index in [-0.39, 0.29) is 5.56 Å². The molecule has 156 valence electrons. The number of aromatic carboxylic acids is 1. The molecule has 4 heterocycles. The molecule has 1 aromatic carbocycles. The maximum Gasteiger partial charge on any atom is 0.341 e. The summed E-state index contributed by atoms with van der Waals surface area (Å²) in [4.78, 5) is 23.5. The first-order valence-electron chi connectivity index (χ1n) is 10.2. The molecular formula is C24H25NO5. The van der Waals surface area contributed by atoms with E-state index in [0.29, 0.717) is 13.2 Å². The van der Waals surface area contributed by atoms with Crippen LogP contribution in [0.25, 0.3) is 22.4 Å². The summed E-state index contributed by atoms with van der Waals surface area (Å²) >= 11 is 0. The van der Waals surface area contributed by atoms with Crippen molar-refractivity contribution in [2.75, 3.05) is 6.61 Å². The summed E-state index contributed by atoms with van der Waals surface area (Å²) in [6.07, 6.45) is 6.35. The lowest BCUT2D eigenvalue weighted by Gasteiger charge is -2.25. The van der Waals surface area contributed by atoms with Crippen molar-refractivity contribution in [1.29, 1.82) is 0 Å². The predicted octanol–water partition coefficient (Wildman–Crippen LogP) is 4.63. The number of ether oxygens (including phenoxy) is 1. The van der Waals surface area contributed by atoms with Gasteiger partial charge in [0.2, 0.25) is 0 Å². The fourth-order valence-corrected chi connectivity index (χ4v) is 3.97. The number of aromatic nitrogens is 1. The Morgan fingerprint density at radius 3 is 2.57 bits per heavy atom. The van der Waals surface area contributed by atoms with Crippen LogP contribution in [0.5, 0.6) is 5.75 Å². The molecule has 0 bridgehead atoms. The summed E-state index contributed by atoms with van der Waals surface area (Å²) < 4.78 is 13.0. The van der Waals surface area contributed by atoms with Gasteiger partial charge >= 0.3 is 5.97 Å². The smallest absolute Gasteiger partial charge is 0.341 e. The van der Waals surface area contributed by atoms with E-state index in [1.807, 2.05) is 16.7 Å². The molecule has 0 amide bonds. The average Bonchev–Trinajstić information content (AvgIpc) is 3.38. The van der Waals surface area contributed by atoms with Gasteiger partial charge in [0.25, 0.3) is 0 Å². The Bertz CT molecular complexity index is 1150. The Balaban J connectivity index is 0.000000503. The summed E-state index contributed by atoms with van der Waals surface area (Å²) in [5.41, 5.74) is 5.27. The van der Waals surface area contributed by atoms with Crippen LogP contribution in [0.2, 0.25) is 0 Å². The minimum atomic E-state index is -1.20. The number of carboxylic acids is 1. The van der Waals surface area contributed by atoms with Crippen LogP contribution in [0.1, 0.15) is 42.3 Å². The number of carbonyl (C=O) groups is 1. The van der Waals surface area contributed by atoms with Crippen LogP contribution in [0, 0.1) is 5.92 Å². The van der Waals surface area contributed by atoms with E-state index < -0.39 is 11.4 Å². The Kier molecular flexibility index (Phi) is 5.24. The minimum absolute atomic E-state index is 0.197. The molecule has 6 heteroatoms. The maximum absolute atomic E-state index is 12.3. The lowest BCUT2D eigenvalue weighted by atomic mass is 9.87. The number of nitrogens with zero attached hydrogens (tertiary/aromatic N) is 1. The molecule has 0 saturated heterocycles. The number of carboxylic acid groups (broad SMARTS) is 1. The fourth-order valence-electron chi connectivity index (χ4n) is 3.97. The molecule has 2 aliphatic heterocycles. The number of pyridine rings is 1. The second-order valence-corrected chi connectivity index (χ2v) is 8.29. The van der Waals surface area contributed by atoms with E-state index in [1.54, 1.807) is 12.5 Å². The number of fused-ring (bicyclic) bond motifs is 5. The highest BCUT2D eigenvalue weighted by Crippen LogP contribution is 2.45. The summed E-state index contributed by atoms with van der Waals surface area (Å²) in [6, 6.07) is 5.34. The zero-order valence-electron chi connectivity index (χ0n) is 17.4. The van der Waals surface area contributed by atoms with Gasteiger partial charge in [-0.15, -0.1) is 0 Å². The van der Waals surface area contributed by atoms with Crippen LogP contribution in [-0.2, 0) is 19.4 Å². The summed E-state index contributed by atoms with van der Waals surface area (Å²) in [5.74, 6) is 0.528. The van der Waals surface area contributed by atoms with Gasteiger partial charge in [-0.1, -0.05) is 20.8 Å². The molecule has 0 atom stereocenters. The number of aryl methyl sites for hydroxylation is 1. The Morgan fingerprint density at radius 2 is 1.90 bits per heavy atom. The van der Waals surface area contributed by atoms with Gasteiger partial charge in [0.15, 0.2) is 5.43 Å². The van der Waals surface area contributed by atoms with Crippen LogP contribution in [0.3, 0.4) is 0 Å². The highest BCUT2D eigenvalue weighted by molar-refractivity contribution is 5.88. The molecule has 1 N–H and O–H groups in total. The molecule has 0 spiro atoms. The van der Waals surface area contributed by atoms with Gasteiger partial charge in [-0.25, -0.2) is 4.79 Å². The number of hydrogen-bond donors (Lipinski definition) is 1. The zero-order chi connectivity index (χ0) is 21.4. The Labute approximate surface area is 174 Å². The summed E-state index contributed by atoms with van der Waals surface area (Å²) in [7, 11) is 0. The van der Waals surface area contributed by atoms with E-state index in [4.69, 9.17) is 9.15 Å². The van der Waals surface area contributed by atoms with Crippen molar-refractivity contribution in [2.45, 2.75) is 40.2 Å². The van der Waals surface area contributed by atoms with Crippen LogP contribution in [-0.4, -0.2) is 22.2 Å². The average molecular weight is 407 g/mol. The van der Waals surface area contributed by atoms with Gasteiger partial charge < -0.3 is 18.8 Å². The largest absolute Gasteiger partial charge is 0.492 e. The number of rotatable bonds is 2. The number of benzene rings is 1. The van der Waals surface area contributed by atoms with Gasteiger partial charge in [-0.05, 0) is 30.0 Å². The highest BCUT2D eigenvalue weighted by atomic mass is 16.5. The third kappa shape index (κ3) is 3.54. The lowest BCUT2D eigenvalue weighted by molar-refractivity contribution is 0.0694. The normalized spacial score (nSPS) is 13.6. The third-order valence-corrected chi connectivity index (χ3v) is 5.16. The van der Waals surface area contributed by atoms with Crippen LogP contribution < -0.4 is 10.2 Å². The quantitative estimate of drug-likeness (QED) is 0.670. The SMILES string of the molecule is CC(C)C.O=C(O)c1cn2c(cc1=O)-c1cc(-c3ccoc3)c3c(c1CC2)CCO3. The standard InChI is InChI=1S/C20H15NO5.C4H10/c22-18-8-17-15-7-14(11-2-5-25-10-11)19-13(3-6-26-19)12(15)1-4-21(17)9-16(18)20(23)24;1-4(2)3/h2,5,7-10H,1,3-4,6H2,(H,23,24);4H,1-3H3. The van der Waals surface area contributed by atoms with E-state index in [2.05, 4.69) is 20.8 Å². The summed E-state index contributed by atoms with van der Waals surface area (Å²) in [6.45, 7) is 7.78. The third-order valence-electron chi connectivity index (χ3n) is 5.16. The molecule has 6 nitrogen and oxygen atoms in total. The first kappa shape index (κ1) is 20.0. The van der Waals surface area contributed by atoms with Gasteiger partial charge in [-0.3, -0.25) is 4.79 Å². The molecule has 2 aliphatic rings. The van der Waals surface area contributed by atoms with E-state index in [1.165, 1.54) is 23.4 Å². The first-order valence-corrected chi connectivity index (χ1v) is 10.2. The van der Waals surface area contributed by atoms with E-state index >= 15 is 0 Å². The van der Waals surface area contributed by atoms with Crippen molar-refractivity contribution in [3.8, 4) is 28.1 Å². The number of furan rings is 1. The molecular weight excluding hydrogens is 382 g/mol. The van der Waals surface area contributed by atoms with Crippen molar-refractivity contribution in [2.24, 2.45) is 5.92 Å². The predicted molar refractivity (Wildman–Crippen MR) is 114 cm³/mol. The molecule has 2 aromatic heterocycles. The molecule has 0 radical (unpaired) electrons. The summed E-state index contributed by atoms with van der Waals surface area (Å²) in [5, 5.41) is 9.22. The van der Waals surface area contributed by atoms with Crippen molar-refractivity contribution in [3.63, 3.8) is 0 Å². The van der Waals surface area contributed by atoms with Crippen LogP contribution >= 0.6 is 0 Å². The van der Waals surface area contributed by atoms with Gasteiger partial charge in [0.05, 0.1) is 24.8 Å². The maximum atomic E-state index is 12.3. The van der Waals surface area contributed by atoms with Gasteiger partial charge in [0, 0.05) is 47.5 Å². The molecule has 0 unspecified atom stereocenters. The minimum Gasteiger partial charge on any atom is -0.492 e. The number of hydrogen-bond acceptors (Lipinski definition) is 4. The highest BCUT2D eigenvalue weighted by Gasteiger charge is 2.28. The first-order chi connectivity index (χ1) is 14.4. The Morgan fingerprint density at radius 1 is 1.13 bits per heavy atom. The van der Waals surface area contributed by atoms with Gasteiger partial charge in [0.1, 0.15) is 11.3 Å². The second-order valence-electron chi connectivity index (χ2n) is 8.29. The second kappa shape index (κ2) is 7.86. The molecule has 30 heavy (non-hydrogen) atoms. The molecule has 0 aliphatic carbocycles. The van der Waals surface area contributed by atoms with Crippen molar-refractivity contribution in [1.82, 2.24) is 4.57 Å². The van der Waals surface area contributed by atoms with Gasteiger partial charge in [-0.2, -0.15) is 0 Å². The molecule has 0 fully saturated rings. The monoisotopic (exact) mass is 407 g/mol. The van der Waals surface area contributed by atoms with E-state index in [0.717, 1.165) is 46.9 Å². The molecule has 5 rings (SSSR count). The molecule has 0 saturated carbocycles. The topological polar surface area (TPSA) is 81.7 Å². The van der Waals surface area contributed by atoms with Crippen LogP contribution in [0.4, 0.5) is 0 Å². The van der Waals surface area contributed by atoms with Crippen LogP contribution in [0.15, 0.2) is 46.1 Å². The Hall–Kier alpha value is -3.28.